The van der Waals surface area contributed by atoms with Crippen LogP contribution in [0, 0.1) is 0 Å². The Labute approximate surface area is 219 Å². The van der Waals surface area contributed by atoms with E-state index in [1.165, 1.54) is 30.5 Å². The molecule has 0 aliphatic heterocycles. The first-order valence-corrected chi connectivity index (χ1v) is 12.6. The van der Waals surface area contributed by atoms with Gasteiger partial charge in [-0.1, -0.05) is 99.7 Å². The summed E-state index contributed by atoms with van der Waals surface area (Å²) < 4.78 is 10.9. The molecular formula is C32H45FN2O. The number of alkyl halides is 1. The number of rotatable bonds is 10. The lowest BCUT2D eigenvalue weighted by Gasteiger charge is -2.31. The van der Waals surface area contributed by atoms with Gasteiger partial charge in [-0.2, -0.15) is 0 Å². The van der Waals surface area contributed by atoms with Crippen LogP contribution in [0.2, 0.25) is 0 Å². The van der Waals surface area contributed by atoms with Crippen molar-refractivity contribution in [1.29, 1.82) is 0 Å². The summed E-state index contributed by atoms with van der Waals surface area (Å²) in [7, 11) is 2.13. The van der Waals surface area contributed by atoms with Crippen LogP contribution in [-0.4, -0.2) is 30.2 Å². The molecule has 0 amide bonds. The van der Waals surface area contributed by atoms with Crippen molar-refractivity contribution in [3.05, 3.63) is 108 Å². The largest absolute Gasteiger partial charge is 0.352 e. The molecule has 0 aromatic heterocycles. The third-order valence-electron chi connectivity index (χ3n) is 5.21. The summed E-state index contributed by atoms with van der Waals surface area (Å²) in [6, 6.07) is 21.4. The summed E-state index contributed by atoms with van der Waals surface area (Å²) in [5, 5.41) is 0. The van der Waals surface area contributed by atoms with Crippen molar-refractivity contribution < 1.29 is 9.18 Å². The van der Waals surface area contributed by atoms with E-state index in [0.29, 0.717) is 6.42 Å². The smallest absolute Gasteiger partial charge is 0.126 e. The summed E-state index contributed by atoms with van der Waals surface area (Å²) in [4.78, 5) is 16.7. The molecule has 0 atom stereocenters. The van der Waals surface area contributed by atoms with Crippen LogP contribution >= 0.6 is 0 Å². The Balaban J connectivity index is 0.00000117. The predicted molar refractivity (Wildman–Crippen MR) is 155 cm³/mol. The van der Waals surface area contributed by atoms with Gasteiger partial charge >= 0.3 is 0 Å². The number of aliphatic imine (C=N–C) groups is 1. The van der Waals surface area contributed by atoms with E-state index in [2.05, 4.69) is 107 Å². The molecule has 0 N–H and O–H groups in total. The van der Waals surface area contributed by atoms with E-state index in [-0.39, 0.29) is 18.5 Å². The zero-order valence-electron chi connectivity index (χ0n) is 23.1. The van der Waals surface area contributed by atoms with Crippen molar-refractivity contribution in [1.82, 2.24) is 4.90 Å². The van der Waals surface area contributed by atoms with Crippen molar-refractivity contribution in [3.63, 3.8) is 0 Å². The van der Waals surface area contributed by atoms with Crippen LogP contribution in [0.3, 0.4) is 0 Å². The fourth-order valence-corrected chi connectivity index (χ4v) is 3.46. The molecule has 0 bridgehead atoms. The molecule has 0 unspecified atom stereocenters. The molecule has 196 valence electrons. The number of hydrogen-bond acceptors (Lipinski definition) is 2. The highest BCUT2D eigenvalue weighted by Gasteiger charge is 2.20. The third-order valence-corrected chi connectivity index (χ3v) is 5.21. The Hall–Kier alpha value is -3.27. The zero-order chi connectivity index (χ0) is 27.3. The topological polar surface area (TPSA) is 32.7 Å². The average molecular weight is 493 g/mol. The molecule has 3 nitrogen and oxygen atoms in total. The number of Topliss-reactive ketones (excluding diaryl/α,β-unsaturated/α-hetero) is 1. The Morgan fingerprint density at radius 1 is 0.972 bits per heavy atom. The van der Waals surface area contributed by atoms with E-state index >= 15 is 0 Å². The van der Waals surface area contributed by atoms with Crippen LogP contribution in [0.4, 0.5) is 4.39 Å². The van der Waals surface area contributed by atoms with Gasteiger partial charge in [-0.15, -0.1) is 6.58 Å². The molecule has 0 aliphatic carbocycles. The molecule has 0 saturated heterocycles. The van der Waals surface area contributed by atoms with Gasteiger partial charge in [0.25, 0.3) is 0 Å². The van der Waals surface area contributed by atoms with Crippen LogP contribution in [0.1, 0.15) is 77.5 Å². The average Bonchev–Trinajstić information content (AvgIpc) is 2.88. The first kappa shape index (κ1) is 32.7. The van der Waals surface area contributed by atoms with E-state index in [0.717, 1.165) is 30.8 Å². The minimum Gasteiger partial charge on any atom is -0.352 e. The molecular weight excluding hydrogens is 447 g/mol. The van der Waals surface area contributed by atoms with Gasteiger partial charge in [-0.05, 0) is 56.7 Å². The van der Waals surface area contributed by atoms with Gasteiger partial charge in [-0.3, -0.25) is 4.39 Å². The second-order valence-corrected chi connectivity index (χ2v) is 8.45. The highest BCUT2D eigenvalue weighted by molar-refractivity contribution is 5.81. The quantitative estimate of drug-likeness (QED) is 0.144. The molecule has 0 fully saturated rings. The van der Waals surface area contributed by atoms with E-state index in [1.54, 1.807) is 6.08 Å². The second-order valence-electron chi connectivity index (χ2n) is 8.45. The molecule has 0 radical (unpaired) electrons. The van der Waals surface area contributed by atoms with Crippen LogP contribution in [0.15, 0.2) is 102 Å². The lowest BCUT2D eigenvalue weighted by molar-refractivity contribution is -0.114. The summed E-state index contributed by atoms with van der Waals surface area (Å²) in [5.41, 5.74) is 4.92. The standard InChI is InChI=1S/C25H32N2.C4H7F.C3H6O/c1-6-15-21(7-2)24(8-3)26-20(4)27(5)25(22-16-11-9-12-17-22)23-18-13-10-14-19-23;1-2-3-4-5;1-3(2)4/h7,9-14,16-19,25H,2,6,8,15H2,1,3-5H3;2H,1,3-4H2;1-2H3/b24-21+,26-20?;;. The van der Waals surface area contributed by atoms with E-state index in [1.807, 2.05) is 6.08 Å². The molecule has 0 saturated carbocycles. The Morgan fingerprint density at radius 3 is 1.75 bits per heavy atom. The highest BCUT2D eigenvalue weighted by Crippen LogP contribution is 2.28. The molecule has 0 aliphatic rings. The Bertz CT molecular complexity index is 905. The van der Waals surface area contributed by atoms with E-state index < -0.39 is 0 Å². The number of benzene rings is 2. The highest BCUT2D eigenvalue weighted by atomic mass is 19.1. The molecule has 0 spiro atoms. The van der Waals surface area contributed by atoms with Crippen molar-refractivity contribution in [3.8, 4) is 0 Å². The molecule has 36 heavy (non-hydrogen) atoms. The van der Waals surface area contributed by atoms with Gasteiger partial charge in [-0.25, -0.2) is 4.99 Å². The summed E-state index contributed by atoms with van der Waals surface area (Å²) >= 11 is 0. The number of carbonyl (C=O) groups excluding carboxylic acids is 1. The minimum absolute atomic E-state index is 0.132. The lowest BCUT2D eigenvalue weighted by atomic mass is 9.97. The maximum atomic E-state index is 10.9. The van der Waals surface area contributed by atoms with Crippen LogP contribution in [-0.2, 0) is 4.79 Å². The number of nitrogens with zero attached hydrogens (tertiary/aromatic N) is 2. The normalized spacial score (nSPS) is 11.3. The molecule has 2 rings (SSSR count). The van der Waals surface area contributed by atoms with Crippen molar-refractivity contribution >= 4 is 11.6 Å². The predicted octanol–water partition coefficient (Wildman–Crippen LogP) is 8.90. The lowest BCUT2D eigenvalue weighted by Crippen LogP contribution is -2.30. The minimum atomic E-state index is -0.274. The third kappa shape index (κ3) is 13.0. The number of hydrogen-bond donors (Lipinski definition) is 0. The Kier molecular flexibility index (Phi) is 18.2. The fraction of sp³-hybridized carbons (Fsp3) is 0.375. The number of carbonyl (C=O) groups is 1. The number of allylic oxidation sites excluding steroid dienone is 4. The van der Waals surface area contributed by atoms with Crippen molar-refractivity contribution in [2.45, 2.75) is 66.3 Å². The molecule has 4 heteroatoms. The van der Waals surface area contributed by atoms with Crippen molar-refractivity contribution in [2.75, 3.05) is 13.7 Å². The summed E-state index contributed by atoms with van der Waals surface area (Å²) in [6.07, 6.45) is 7.04. The van der Waals surface area contributed by atoms with Gasteiger partial charge < -0.3 is 9.69 Å². The van der Waals surface area contributed by atoms with Crippen LogP contribution in [0.25, 0.3) is 0 Å². The Morgan fingerprint density at radius 2 is 1.44 bits per heavy atom. The number of ketones is 1. The molecule has 2 aromatic rings. The summed E-state index contributed by atoms with van der Waals surface area (Å²) in [6.45, 7) is 16.5. The monoisotopic (exact) mass is 492 g/mol. The van der Waals surface area contributed by atoms with E-state index in [9.17, 15) is 9.18 Å². The van der Waals surface area contributed by atoms with Gasteiger partial charge in [0.05, 0.1) is 12.7 Å². The van der Waals surface area contributed by atoms with Crippen LogP contribution < -0.4 is 0 Å². The van der Waals surface area contributed by atoms with Gasteiger partial charge in [0, 0.05) is 12.7 Å². The second kappa shape index (κ2) is 20.0. The zero-order valence-corrected chi connectivity index (χ0v) is 23.1. The molecule has 2 aromatic carbocycles. The fourth-order valence-electron chi connectivity index (χ4n) is 3.46. The maximum Gasteiger partial charge on any atom is 0.126 e. The van der Waals surface area contributed by atoms with Gasteiger partial charge in [0.1, 0.15) is 11.6 Å². The number of amidine groups is 1. The maximum absolute atomic E-state index is 10.9. The van der Waals surface area contributed by atoms with Crippen molar-refractivity contribution in [2.24, 2.45) is 4.99 Å². The van der Waals surface area contributed by atoms with Gasteiger partial charge in [0.15, 0.2) is 0 Å². The SMILES string of the molecule is C=C/C(CCC)=C(/CC)N=C(C)N(C)C(c1ccccc1)c1ccccc1.C=CCCF.CC(C)=O. The summed E-state index contributed by atoms with van der Waals surface area (Å²) in [5.74, 6) is 1.18. The first-order valence-electron chi connectivity index (χ1n) is 12.6. The van der Waals surface area contributed by atoms with E-state index in [4.69, 9.17) is 4.99 Å². The van der Waals surface area contributed by atoms with Gasteiger partial charge in [0.2, 0.25) is 0 Å². The number of halogens is 1. The first-order chi connectivity index (χ1) is 17.3. The van der Waals surface area contributed by atoms with Crippen LogP contribution in [0.5, 0.6) is 0 Å². The molecule has 0 heterocycles.